The maximum Gasteiger partial charge on any atom is 0.221 e. The third kappa shape index (κ3) is 3.92. The molecule has 21 heavy (non-hydrogen) atoms. The van der Waals surface area contributed by atoms with E-state index in [0.717, 1.165) is 23.4 Å². The van der Waals surface area contributed by atoms with Crippen molar-refractivity contribution >= 4 is 11.8 Å². The predicted molar refractivity (Wildman–Crippen MR) is 85.1 cm³/mol. The topological polar surface area (TPSA) is 75.3 Å². The van der Waals surface area contributed by atoms with Gasteiger partial charge in [-0.3, -0.25) is 0 Å². The first-order valence-corrected chi connectivity index (χ1v) is 7.17. The van der Waals surface area contributed by atoms with Crippen LogP contribution in [0.25, 0.3) is 0 Å². The molecule has 3 N–H and O–H groups in total. The Morgan fingerprint density at radius 3 is 2.67 bits per heavy atom. The normalized spacial score (nSPS) is 12.1. The number of anilines is 2. The van der Waals surface area contributed by atoms with Gasteiger partial charge in [0, 0.05) is 25.4 Å². The highest BCUT2D eigenvalue weighted by molar-refractivity contribution is 5.48. The van der Waals surface area contributed by atoms with E-state index in [9.17, 15) is 5.11 Å². The molecule has 112 valence electrons. The number of aliphatic hydroxyl groups excluding tert-OH is 1. The van der Waals surface area contributed by atoms with Crippen LogP contribution >= 0.6 is 0 Å². The molecule has 5 heteroatoms. The Labute approximate surface area is 125 Å². The molecule has 2 aromatic rings. The van der Waals surface area contributed by atoms with E-state index in [1.165, 1.54) is 0 Å². The van der Waals surface area contributed by atoms with Gasteiger partial charge in [0.2, 0.25) is 5.95 Å². The third-order valence-corrected chi connectivity index (χ3v) is 3.53. The lowest BCUT2D eigenvalue weighted by molar-refractivity contribution is 0.169. The lowest BCUT2D eigenvalue weighted by Crippen LogP contribution is -2.23. The molecule has 0 saturated carbocycles. The number of nitrogens with zero attached hydrogens (tertiary/aromatic N) is 3. The Morgan fingerprint density at radius 2 is 2.00 bits per heavy atom. The van der Waals surface area contributed by atoms with E-state index < -0.39 is 6.10 Å². The highest BCUT2D eigenvalue weighted by Crippen LogP contribution is 2.21. The van der Waals surface area contributed by atoms with E-state index in [1.54, 1.807) is 6.20 Å². The highest BCUT2D eigenvalue weighted by atomic mass is 16.3. The monoisotopic (exact) mass is 286 g/mol. The number of nitrogens with two attached hydrogens (primary N) is 1. The Morgan fingerprint density at radius 1 is 1.29 bits per heavy atom. The molecule has 2 rings (SSSR count). The van der Waals surface area contributed by atoms with Gasteiger partial charge in [0.1, 0.15) is 5.82 Å². The number of aromatic nitrogens is 2. The number of aryl methyl sites for hydroxylation is 1. The highest BCUT2D eigenvalue weighted by Gasteiger charge is 2.12. The summed E-state index contributed by atoms with van der Waals surface area (Å²) in [6.45, 7) is 2.75. The van der Waals surface area contributed by atoms with Crippen molar-refractivity contribution in [3.05, 3.63) is 47.7 Å². The van der Waals surface area contributed by atoms with Gasteiger partial charge >= 0.3 is 0 Å². The second kappa shape index (κ2) is 7.04. The summed E-state index contributed by atoms with van der Waals surface area (Å²) in [5, 5.41) is 10.2. The third-order valence-electron chi connectivity index (χ3n) is 3.53. The van der Waals surface area contributed by atoms with Crippen LogP contribution in [0.2, 0.25) is 0 Å². The zero-order valence-electron chi connectivity index (χ0n) is 12.5. The van der Waals surface area contributed by atoms with E-state index in [1.807, 2.05) is 42.3 Å². The van der Waals surface area contributed by atoms with Gasteiger partial charge in [-0.1, -0.05) is 37.3 Å². The first kappa shape index (κ1) is 15.3. The average Bonchev–Trinajstić information content (AvgIpc) is 2.53. The SMILES string of the molecule is CCc1cnc(N)nc1N(C)CC[C@H](O)c1ccccc1. The van der Waals surface area contributed by atoms with Gasteiger partial charge in [0.15, 0.2) is 0 Å². The second-order valence-corrected chi connectivity index (χ2v) is 5.07. The number of benzene rings is 1. The fourth-order valence-electron chi connectivity index (χ4n) is 2.25. The Bertz CT molecular complexity index is 574. The van der Waals surface area contributed by atoms with Crippen molar-refractivity contribution < 1.29 is 5.11 Å². The summed E-state index contributed by atoms with van der Waals surface area (Å²) in [6.07, 6.45) is 2.77. The summed E-state index contributed by atoms with van der Waals surface area (Å²) in [5.74, 6) is 1.11. The molecular formula is C16H22N4O. The second-order valence-electron chi connectivity index (χ2n) is 5.07. The fraction of sp³-hybridized carbons (Fsp3) is 0.375. The molecule has 0 amide bonds. The molecule has 0 radical (unpaired) electrons. The standard InChI is InChI=1S/C16H22N4O/c1-3-12-11-18-16(17)19-15(12)20(2)10-9-14(21)13-7-5-4-6-8-13/h4-8,11,14,21H,3,9-10H2,1-2H3,(H2,17,18,19)/t14-/m0/s1. The van der Waals surface area contributed by atoms with Crippen LogP contribution in [0.1, 0.15) is 30.6 Å². The Hall–Kier alpha value is -2.14. The van der Waals surface area contributed by atoms with Gasteiger partial charge < -0.3 is 15.7 Å². The predicted octanol–water partition coefficient (Wildman–Crippen LogP) is 2.18. The van der Waals surface area contributed by atoms with Crippen LogP contribution in [0, 0.1) is 0 Å². The van der Waals surface area contributed by atoms with Gasteiger partial charge in [-0.25, -0.2) is 4.98 Å². The van der Waals surface area contributed by atoms with Crippen molar-refractivity contribution in [1.29, 1.82) is 0 Å². The molecule has 1 aromatic carbocycles. The Balaban J connectivity index is 2.02. The van der Waals surface area contributed by atoms with Gasteiger partial charge in [0.25, 0.3) is 0 Å². The molecule has 1 aromatic heterocycles. The van der Waals surface area contributed by atoms with Crippen LogP contribution < -0.4 is 10.6 Å². The summed E-state index contributed by atoms with van der Waals surface area (Å²) in [7, 11) is 1.96. The van der Waals surface area contributed by atoms with E-state index >= 15 is 0 Å². The van der Waals surface area contributed by atoms with Crippen LogP contribution in [0.3, 0.4) is 0 Å². The summed E-state index contributed by atoms with van der Waals surface area (Å²) < 4.78 is 0. The van der Waals surface area contributed by atoms with Gasteiger partial charge in [0.05, 0.1) is 6.10 Å². The lowest BCUT2D eigenvalue weighted by Gasteiger charge is -2.22. The summed E-state index contributed by atoms with van der Waals surface area (Å²) in [4.78, 5) is 10.3. The van der Waals surface area contributed by atoms with Crippen LogP contribution in [-0.2, 0) is 6.42 Å². The number of nitrogen functional groups attached to an aromatic ring is 1. The molecular weight excluding hydrogens is 264 g/mol. The van der Waals surface area contributed by atoms with Crippen LogP contribution in [0.15, 0.2) is 36.5 Å². The van der Waals surface area contributed by atoms with Crippen LogP contribution in [-0.4, -0.2) is 28.7 Å². The fourth-order valence-corrected chi connectivity index (χ4v) is 2.25. The quantitative estimate of drug-likeness (QED) is 0.851. The molecule has 1 atom stereocenters. The molecule has 0 unspecified atom stereocenters. The van der Waals surface area contributed by atoms with E-state index in [-0.39, 0.29) is 5.95 Å². The van der Waals surface area contributed by atoms with Crippen molar-refractivity contribution in [1.82, 2.24) is 9.97 Å². The molecule has 1 heterocycles. The number of hydrogen-bond donors (Lipinski definition) is 2. The van der Waals surface area contributed by atoms with Crippen molar-refractivity contribution in [3.63, 3.8) is 0 Å². The molecule has 0 bridgehead atoms. The minimum Gasteiger partial charge on any atom is -0.388 e. The first-order chi connectivity index (χ1) is 10.1. The molecule has 5 nitrogen and oxygen atoms in total. The Kier molecular flexibility index (Phi) is 5.11. The molecule has 0 aliphatic heterocycles. The van der Waals surface area contributed by atoms with Crippen LogP contribution in [0.4, 0.5) is 11.8 Å². The lowest BCUT2D eigenvalue weighted by atomic mass is 10.1. The average molecular weight is 286 g/mol. The molecule has 0 saturated heterocycles. The number of aliphatic hydroxyl groups is 1. The van der Waals surface area contributed by atoms with Crippen molar-refractivity contribution in [3.8, 4) is 0 Å². The van der Waals surface area contributed by atoms with E-state index in [0.29, 0.717) is 13.0 Å². The summed E-state index contributed by atoms with van der Waals surface area (Å²) >= 11 is 0. The maximum atomic E-state index is 10.2. The van der Waals surface area contributed by atoms with Crippen LogP contribution in [0.5, 0.6) is 0 Å². The number of rotatable bonds is 6. The zero-order valence-corrected chi connectivity index (χ0v) is 12.5. The van der Waals surface area contributed by atoms with E-state index in [2.05, 4.69) is 16.9 Å². The maximum absolute atomic E-state index is 10.2. The van der Waals surface area contributed by atoms with Crippen molar-refractivity contribution in [2.75, 3.05) is 24.2 Å². The summed E-state index contributed by atoms with van der Waals surface area (Å²) in [5.41, 5.74) is 7.66. The van der Waals surface area contributed by atoms with Gasteiger partial charge in [-0.05, 0) is 18.4 Å². The molecule has 0 spiro atoms. The minimum absolute atomic E-state index is 0.276. The zero-order chi connectivity index (χ0) is 15.2. The largest absolute Gasteiger partial charge is 0.388 e. The molecule has 0 aliphatic carbocycles. The molecule has 0 aliphatic rings. The summed E-state index contributed by atoms with van der Waals surface area (Å²) in [6, 6.07) is 9.68. The van der Waals surface area contributed by atoms with Crippen molar-refractivity contribution in [2.45, 2.75) is 25.9 Å². The van der Waals surface area contributed by atoms with Gasteiger partial charge in [-0.2, -0.15) is 4.98 Å². The first-order valence-electron chi connectivity index (χ1n) is 7.17. The smallest absolute Gasteiger partial charge is 0.221 e. The number of hydrogen-bond acceptors (Lipinski definition) is 5. The van der Waals surface area contributed by atoms with Crippen molar-refractivity contribution in [2.24, 2.45) is 0 Å². The van der Waals surface area contributed by atoms with Gasteiger partial charge in [-0.15, -0.1) is 0 Å². The van der Waals surface area contributed by atoms with E-state index in [4.69, 9.17) is 5.73 Å². The minimum atomic E-state index is -0.474. The molecule has 0 fully saturated rings.